The minimum Gasteiger partial charge on any atom is -0.412 e. The molecule has 0 aliphatic carbocycles. The molecule has 0 spiro atoms. The van der Waals surface area contributed by atoms with Gasteiger partial charge in [0.2, 0.25) is 5.91 Å². The van der Waals surface area contributed by atoms with Crippen LogP contribution in [0.1, 0.15) is 18.1 Å². The van der Waals surface area contributed by atoms with Crippen molar-refractivity contribution in [2.24, 2.45) is 10.7 Å². The Bertz CT molecular complexity index is 889. The second kappa shape index (κ2) is 12.2. The molecule has 7 nitrogen and oxygen atoms in total. The third kappa shape index (κ3) is 5.71. The number of carbonyl (C=O) groups is 1. The number of nitrogens with zero attached hydrogens (tertiary/aromatic N) is 2. The Hall–Kier alpha value is -0.720. The van der Waals surface area contributed by atoms with Gasteiger partial charge in [0.05, 0.1) is 12.2 Å². The molecule has 1 unspecified atom stereocenters. The molecular formula is C17H21Br3Cl2N4O3. The summed E-state index contributed by atoms with van der Waals surface area (Å²) in [5, 5.41) is 2.66. The summed E-state index contributed by atoms with van der Waals surface area (Å²) in [5.41, 5.74) is 10.9. The van der Waals surface area contributed by atoms with E-state index < -0.39 is 4.45 Å². The average molecular weight is 640 g/mol. The molecular weight excluding hydrogens is 619 g/mol. The van der Waals surface area contributed by atoms with Gasteiger partial charge < -0.3 is 16.7 Å². The second-order valence-corrected chi connectivity index (χ2v) is 7.49. The SMILES string of the molecule is Br.Br.CC(=O)NN1C(CN)=Nc2ccc(Cl)cc2C1(Br)c1ccccc1Cl.O.O. The van der Waals surface area contributed by atoms with Crippen LogP contribution in [0.15, 0.2) is 47.5 Å². The zero-order valence-corrected chi connectivity index (χ0v) is 21.6. The summed E-state index contributed by atoms with van der Waals surface area (Å²) < 4.78 is -1.01. The first-order valence-corrected chi connectivity index (χ1v) is 9.02. The first-order valence-electron chi connectivity index (χ1n) is 7.47. The van der Waals surface area contributed by atoms with Crippen LogP contribution in [0.3, 0.4) is 0 Å². The van der Waals surface area contributed by atoms with Crippen molar-refractivity contribution < 1.29 is 15.7 Å². The molecule has 7 N–H and O–H groups in total. The van der Waals surface area contributed by atoms with E-state index in [4.69, 9.17) is 28.9 Å². The van der Waals surface area contributed by atoms with Gasteiger partial charge in [0.15, 0.2) is 4.45 Å². The number of aliphatic imine (C=N–C) groups is 1. The highest BCUT2D eigenvalue weighted by atomic mass is 79.9. The van der Waals surface area contributed by atoms with Crippen molar-refractivity contribution in [3.8, 4) is 0 Å². The number of benzene rings is 2. The molecule has 1 aliphatic heterocycles. The smallest absolute Gasteiger partial charge is 0.235 e. The predicted molar refractivity (Wildman–Crippen MR) is 132 cm³/mol. The molecule has 1 aliphatic rings. The quantitative estimate of drug-likeness (QED) is 0.394. The molecule has 0 radical (unpaired) electrons. The molecule has 1 heterocycles. The Morgan fingerprint density at radius 3 is 2.34 bits per heavy atom. The van der Waals surface area contributed by atoms with E-state index in [-0.39, 0.29) is 57.4 Å². The first-order chi connectivity index (χ1) is 11.9. The summed E-state index contributed by atoms with van der Waals surface area (Å²) in [6, 6.07) is 12.7. The van der Waals surface area contributed by atoms with Gasteiger partial charge in [-0.05, 0) is 40.2 Å². The number of alkyl halides is 1. The molecule has 1 atom stereocenters. The number of amides is 1. The summed E-state index contributed by atoms with van der Waals surface area (Å²) in [7, 11) is 0. The Morgan fingerprint density at radius 1 is 1.17 bits per heavy atom. The van der Waals surface area contributed by atoms with E-state index in [2.05, 4.69) is 26.3 Å². The minimum atomic E-state index is -1.01. The maximum atomic E-state index is 11.8. The number of rotatable bonds is 3. The molecule has 3 rings (SSSR count). The molecule has 29 heavy (non-hydrogen) atoms. The van der Waals surface area contributed by atoms with Crippen molar-refractivity contribution in [1.29, 1.82) is 0 Å². The van der Waals surface area contributed by atoms with Crippen LogP contribution in [0.2, 0.25) is 10.0 Å². The van der Waals surface area contributed by atoms with E-state index in [0.717, 1.165) is 11.1 Å². The average Bonchev–Trinajstić information content (AvgIpc) is 2.58. The van der Waals surface area contributed by atoms with E-state index in [1.807, 2.05) is 24.3 Å². The van der Waals surface area contributed by atoms with Gasteiger partial charge >= 0.3 is 0 Å². The lowest BCUT2D eigenvalue weighted by molar-refractivity contribution is -0.122. The van der Waals surface area contributed by atoms with Gasteiger partial charge in [0.25, 0.3) is 0 Å². The number of carbonyl (C=O) groups excluding carboxylic acids is 1. The standard InChI is InChI=1S/C17H15BrCl2N4O.2BrH.2H2O/c1-10(25)23-24-16(9-21)22-15-7-6-11(19)8-13(15)17(24,18)12-4-2-3-5-14(12)20;;;;/h2-8H,9,21H2,1H3,(H,23,25);2*1H;2*1H2. The summed E-state index contributed by atoms with van der Waals surface area (Å²) >= 11 is 16.5. The van der Waals surface area contributed by atoms with Crippen LogP contribution in [-0.4, -0.2) is 34.2 Å². The van der Waals surface area contributed by atoms with Crippen molar-refractivity contribution in [3.05, 3.63) is 63.6 Å². The maximum Gasteiger partial charge on any atom is 0.235 e. The molecule has 0 fully saturated rings. The van der Waals surface area contributed by atoms with Gasteiger partial charge in [0.1, 0.15) is 5.84 Å². The van der Waals surface area contributed by atoms with Gasteiger partial charge in [-0.1, -0.05) is 41.4 Å². The Kier molecular flexibility index (Phi) is 12.8. The van der Waals surface area contributed by atoms with Gasteiger partial charge in [-0.2, -0.15) is 0 Å². The van der Waals surface area contributed by atoms with Crippen LogP contribution in [0.25, 0.3) is 0 Å². The lowest BCUT2D eigenvalue weighted by Crippen LogP contribution is -2.58. The van der Waals surface area contributed by atoms with Gasteiger partial charge in [-0.3, -0.25) is 10.2 Å². The van der Waals surface area contributed by atoms with Crippen molar-refractivity contribution in [2.45, 2.75) is 11.4 Å². The number of nitrogens with one attached hydrogen (secondary N) is 1. The van der Waals surface area contributed by atoms with Gasteiger partial charge in [-0.25, -0.2) is 10.0 Å². The number of amidine groups is 1. The first kappa shape index (κ1) is 30.5. The topological polar surface area (TPSA) is 134 Å². The van der Waals surface area contributed by atoms with E-state index in [0.29, 0.717) is 21.6 Å². The van der Waals surface area contributed by atoms with E-state index in [9.17, 15) is 4.79 Å². The molecule has 12 heteroatoms. The van der Waals surface area contributed by atoms with Crippen LogP contribution in [0.4, 0.5) is 5.69 Å². The predicted octanol–water partition coefficient (Wildman–Crippen LogP) is 3.45. The number of hydrazine groups is 1. The highest BCUT2D eigenvalue weighted by Crippen LogP contribution is 2.50. The molecule has 162 valence electrons. The normalized spacial score (nSPS) is 16.6. The minimum absolute atomic E-state index is 0. The lowest BCUT2D eigenvalue weighted by Gasteiger charge is -2.44. The lowest BCUT2D eigenvalue weighted by atomic mass is 9.94. The monoisotopic (exact) mass is 636 g/mol. The Morgan fingerprint density at radius 2 is 1.79 bits per heavy atom. The van der Waals surface area contributed by atoms with Crippen molar-refractivity contribution >= 4 is 90.5 Å². The molecule has 0 bridgehead atoms. The highest BCUT2D eigenvalue weighted by molar-refractivity contribution is 9.09. The van der Waals surface area contributed by atoms with Gasteiger partial charge in [-0.15, -0.1) is 34.0 Å². The molecule has 1 amide bonds. The largest absolute Gasteiger partial charge is 0.412 e. The summed E-state index contributed by atoms with van der Waals surface area (Å²) in [4.78, 5) is 16.4. The summed E-state index contributed by atoms with van der Waals surface area (Å²) in [5.74, 6) is 0.226. The van der Waals surface area contributed by atoms with Crippen LogP contribution >= 0.6 is 73.1 Å². The number of halogens is 5. The fourth-order valence-corrected chi connectivity index (χ4v) is 4.31. The number of hydrogen-bond acceptors (Lipinski definition) is 4. The van der Waals surface area contributed by atoms with Crippen molar-refractivity contribution in [1.82, 2.24) is 10.4 Å². The zero-order chi connectivity index (χ0) is 18.2. The molecule has 0 aromatic heterocycles. The summed E-state index contributed by atoms with van der Waals surface area (Å²) in [6.45, 7) is 1.54. The third-order valence-corrected chi connectivity index (χ3v) is 5.59. The Balaban J connectivity index is 0. The number of nitrogens with two attached hydrogens (primary N) is 1. The molecule has 2 aromatic carbocycles. The maximum absolute atomic E-state index is 11.8. The number of hydrogen-bond donors (Lipinski definition) is 2. The number of fused-ring (bicyclic) bond motifs is 1. The van der Waals surface area contributed by atoms with Crippen LogP contribution in [-0.2, 0) is 9.24 Å². The van der Waals surface area contributed by atoms with Crippen molar-refractivity contribution in [3.63, 3.8) is 0 Å². The highest BCUT2D eigenvalue weighted by Gasteiger charge is 2.46. The zero-order valence-electron chi connectivity index (χ0n) is 15.1. The molecule has 2 aromatic rings. The molecule has 0 saturated carbocycles. The van der Waals surface area contributed by atoms with E-state index >= 15 is 0 Å². The fraction of sp³-hybridized carbons (Fsp3) is 0.176. The van der Waals surface area contributed by atoms with E-state index in [1.54, 1.807) is 23.2 Å². The van der Waals surface area contributed by atoms with Gasteiger partial charge in [0, 0.05) is 28.1 Å². The molecule has 0 saturated heterocycles. The second-order valence-electron chi connectivity index (χ2n) is 5.50. The van der Waals surface area contributed by atoms with Crippen LogP contribution in [0.5, 0.6) is 0 Å². The van der Waals surface area contributed by atoms with Crippen LogP contribution < -0.4 is 11.2 Å². The van der Waals surface area contributed by atoms with E-state index in [1.165, 1.54) is 6.92 Å². The Labute approximate surface area is 207 Å². The van der Waals surface area contributed by atoms with Crippen LogP contribution in [0, 0.1) is 0 Å². The summed E-state index contributed by atoms with van der Waals surface area (Å²) in [6.07, 6.45) is 0. The third-order valence-electron chi connectivity index (χ3n) is 3.81. The fourth-order valence-electron chi connectivity index (χ4n) is 2.79. The van der Waals surface area contributed by atoms with Crippen molar-refractivity contribution in [2.75, 3.05) is 6.54 Å².